The van der Waals surface area contributed by atoms with Crippen molar-refractivity contribution in [1.29, 1.82) is 0 Å². The molecule has 4 heteroatoms. The number of ether oxygens (including phenoxy) is 1. The molecule has 1 aromatic carbocycles. The van der Waals surface area contributed by atoms with Crippen LogP contribution in [-0.2, 0) is 5.88 Å². The first kappa shape index (κ1) is 11.0. The van der Waals surface area contributed by atoms with Crippen LogP contribution in [0.2, 0.25) is 0 Å². The topological polar surface area (TPSA) is 35.3 Å². The zero-order valence-electron chi connectivity index (χ0n) is 9.16. The molecular weight excluding hydrogens is 226 g/mol. The van der Waals surface area contributed by atoms with E-state index in [0.717, 1.165) is 17.0 Å². The van der Waals surface area contributed by atoms with Crippen molar-refractivity contribution >= 4 is 11.6 Å². The van der Waals surface area contributed by atoms with Crippen LogP contribution in [0.4, 0.5) is 0 Å². The summed E-state index contributed by atoms with van der Waals surface area (Å²) in [7, 11) is 1.63. The Labute approximate surface area is 99.0 Å². The summed E-state index contributed by atoms with van der Waals surface area (Å²) in [5.74, 6) is 2.40. The van der Waals surface area contributed by atoms with Crippen molar-refractivity contribution in [3.63, 3.8) is 0 Å². The van der Waals surface area contributed by atoms with Crippen molar-refractivity contribution < 1.29 is 9.15 Å². The predicted octanol–water partition coefficient (Wildman–Crippen LogP) is 3.40. The molecule has 0 aliphatic rings. The van der Waals surface area contributed by atoms with Gasteiger partial charge < -0.3 is 9.15 Å². The fraction of sp³-hybridized carbons (Fsp3) is 0.250. The molecule has 0 spiro atoms. The number of methoxy groups -OCH3 is 1. The number of nitrogens with zero attached hydrogens (tertiary/aromatic N) is 1. The molecule has 0 radical (unpaired) electrons. The van der Waals surface area contributed by atoms with Gasteiger partial charge in [0.05, 0.1) is 18.7 Å². The van der Waals surface area contributed by atoms with Crippen LogP contribution < -0.4 is 4.74 Å². The standard InChI is InChI=1S/C12H12ClNO2/c1-8-11(7-13)16-12(14-8)9-4-3-5-10(6-9)15-2/h3-6H,7H2,1-2H3. The van der Waals surface area contributed by atoms with Gasteiger partial charge in [0.15, 0.2) is 0 Å². The average Bonchev–Trinajstić information content (AvgIpc) is 2.71. The molecule has 0 saturated carbocycles. The predicted molar refractivity (Wildman–Crippen MR) is 62.8 cm³/mol. The second-order valence-corrected chi connectivity index (χ2v) is 3.66. The molecule has 16 heavy (non-hydrogen) atoms. The lowest BCUT2D eigenvalue weighted by molar-refractivity contribution is 0.414. The van der Waals surface area contributed by atoms with E-state index >= 15 is 0 Å². The van der Waals surface area contributed by atoms with Crippen molar-refractivity contribution in [2.24, 2.45) is 0 Å². The molecule has 0 unspecified atom stereocenters. The third-order valence-corrected chi connectivity index (χ3v) is 2.57. The summed E-state index contributed by atoms with van der Waals surface area (Å²) < 4.78 is 10.7. The highest BCUT2D eigenvalue weighted by atomic mass is 35.5. The van der Waals surface area contributed by atoms with E-state index in [-0.39, 0.29) is 0 Å². The molecule has 0 aliphatic carbocycles. The summed E-state index contributed by atoms with van der Waals surface area (Å²) >= 11 is 5.73. The van der Waals surface area contributed by atoms with Crippen LogP contribution in [0.1, 0.15) is 11.5 Å². The van der Waals surface area contributed by atoms with Gasteiger partial charge in [-0.05, 0) is 25.1 Å². The molecule has 3 nitrogen and oxygen atoms in total. The van der Waals surface area contributed by atoms with Crippen molar-refractivity contribution in [3.8, 4) is 17.2 Å². The Bertz CT molecular complexity index is 494. The number of hydrogen-bond donors (Lipinski definition) is 0. The summed E-state index contributed by atoms with van der Waals surface area (Å²) in [4.78, 5) is 4.32. The molecule has 0 atom stereocenters. The van der Waals surface area contributed by atoms with Gasteiger partial charge in [0.25, 0.3) is 0 Å². The van der Waals surface area contributed by atoms with Crippen molar-refractivity contribution in [1.82, 2.24) is 4.98 Å². The summed E-state index contributed by atoms with van der Waals surface area (Å²) in [6.07, 6.45) is 0. The second-order valence-electron chi connectivity index (χ2n) is 3.39. The minimum atomic E-state index is 0.336. The number of hydrogen-bond acceptors (Lipinski definition) is 3. The van der Waals surface area contributed by atoms with E-state index < -0.39 is 0 Å². The lowest BCUT2D eigenvalue weighted by Gasteiger charge is -2.00. The van der Waals surface area contributed by atoms with Gasteiger partial charge in [-0.25, -0.2) is 4.98 Å². The Kier molecular flexibility index (Phi) is 3.15. The number of benzene rings is 1. The van der Waals surface area contributed by atoms with Gasteiger partial charge in [0.2, 0.25) is 5.89 Å². The second kappa shape index (κ2) is 4.58. The molecule has 1 heterocycles. The maximum Gasteiger partial charge on any atom is 0.226 e. The highest BCUT2D eigenvalue weighted by Gasteiger charge is 2.10. The van der Waals surface area contributed by atoms with E-state index in [9.17, 15) is 0 Å². The average molecular weight is 238 g/mol. The fourth-order valence-corrected chi connectivity index (χ4v) is 1.68. The molecule has 84 valence electrons. The highest BCUT2D eigenvalue weighted by Crippen LogP contribution is 2.25. The molecule has 0 saturated heterocycles. The van der Waals surface area contributed by atoms with Crippen LogP contribution in [-0.4, -0.2) is 12.1 Å². The summed E-state index contributed by atoms with van der Waals surface area (Å²) in [6.45, 7) is 1.88. The van der Waals surface area contributed by atoms with Gasteiger partial charge in [-0.15, -0.1) is 11.6 Å². The Morgan fingerprint density at radius 3 is 2.88 bits per heavy atom. The first-order chi connectivity index (χ1) is 7.74. The number of aryl methyl sites for hydroxylation is 1. The minimum Gasteiger partial charge on any atom is -0.497 e. The number of halogens is 1. The molecule has 0 N–H and O–H groups in total. The van der Waals surface area contributed by atoms with Crippen LogP contribution in [0.25, 0.3) is 11.5 Å². The number of aromatic nitrogens is 1. The molecular formula is C12H12ClNO2. The minimum absolute atomic E-state index is 0.336. The van der Waals surface area contributed by atoms with Crippen LogP contribution in [0, 0.1) is 6.92 Å². The van der Waals surface area contributed by atoms with Gasteiger partial charge in [-0.2, -0.15) is 0 Å². The van der Waals surface area contributed by atoms with Gasteiger partial charge in [-0.3, -0.25) is 0 Å². The third-order valence-electron chi connectivity index (χ3n) is 2.33. The van der Waals surface area contributed by atoms with Crippen molar-refractivity contribution in [2.75, 3.05) is 7.11 Å². The molecule has 0 aliphatic heterocycles. The molecule has 0 amide bonds. The quantitative estimate of drug-likeness (QED) is 0.768. The van der Waals surface area contributed by atoms with E-state index in [1.807, 2.05) is 31.2 Å². The van der Waals surface area contributed by atoms with E-state index in [0.29, 0.717) is 17.5 Å². The first-order valence-electron chi connectivity index (χ1n) is 4.91. The van der Waals surface area contributed by atoms with Crippen LogP contribution in [0.15, 0.2) is 28.7 Å². The van der Waals surface area contributed by atoms with Crippen molar-refractivity contribution in [2.45, 2.75) is 12.8 Å². The highest BCUT2D eigenvalue weighted by molar-refractivity contribution is 6.16. The van der Waals surface area contributed by atoms with Crippen LogP contribution in [0.3, 0.4) is 0 Å². The van der Waals surface area contributed by atoms with Gasteiger partial charge >= 0.3 is 0 Å². The normalized spacial score (nSPS) is 10.4. The Morgan fingerprint density at radius 2 is 2.25 bits per heavy atom. The van der Waals surface area contributed by atoms with E-state index in [1.165, 1.54) is 0 Å². The largest absolute Gasteiger partial charge is 0.497 e. The van der Waals surface area contributed by atoms with Gasteiger partial charge in [0, 0.05) is 5.56 Å². The Morgan fingerprint density at radius 1 is 1.44 bits per heavy atom. The maximum absolute atomic E-state index is 5.73. The van der Waals surface area contributed by atoms with Crippen molar-refractivity contribution in [3.05, 3.63) is 35.7 Å². The van der Waals surface area contributed by atoms with Gasteiger partial charge in [-0.1, -0.05) is 6.07 Å². The fourth-order valence-electron chi connectivity index (χ4n) is 1.43. The van der Waals surface area contributed by atoms with Gasteiger partial charge in [0.1, 0.15) is 11.5 Å². The van der Waals surface area contributed by atoms with E-state index in [2.05, 4.69) is 4.98 Å². The first-order valence-corrected chi connectivity index (χ1v) is 5.44. The van der Waals surface area contributed by atoms with Crippen LogP contribution in [0.5, 0.6) is 5.75 Å². The monoisotopic (exact) mass is 237 g/mol. The SMILES string of the molecule is COc1cccc(-c2nc(C)c(CCl)o2)c1. The summed E-state index contributed by atoms with van der Waals surface area (Å²) in [5.41, 5.74) is 1.71. The maximum atomic E-state index is 5.73. The van der Waals surface area contributed by atoms with E-state index in [4.69, 9.17) is 20.8 Å². The smallest absolute Gasteiger partial charge is 0.226 e. The lowest BCUT2D eigenvalue weighted by atomic mass is 10.2. The third kappa shape index (κ3) is 2.04. The number of oxazole rings is 1. The zero-order chi connectivity index (χ0) is 11.5. The molecule has 0 bridgehead atoms. The molecule has 0 fully saturated rings. The summed E-state index contributed by atoms with van der Waals surface area (Å²) in [5, 5.41) is 0. The Balaban J connectivity index is 2.41. The molecule has 1 aromatic heterocycles. The number of alkyl halides is 1. The van der Waals surface area contributed by atoms with E-state index in [1.54, 1.807) is 7.11 Å². The molecule has 2 aromatic rings. The lowest BCUT2D eigenvalue weighted by Crippen LogP contribution is -1.83. The number of rotatable bonds is 3. The summed E-state index contributed by atoms with van der Waals surface area (Å²) in [6, 6.07) is 7.57. The van der Waals surface area contributed by atoms with Crippen LogP contribution >= 0.6 is 11.6 Å². The Hall–Kier alpha value is -1.48. The molecule has 2 rings (SSSR count). The zero-order valence-corrected chi connectivity index (χ0v) is 9.91.